The number of esters is 2. The van der Waals surface area contributed by atoms with Crippen molar-refractivity contribution in [2.45, 2.75) is 78.2 Å². The summed E-state index contributed by atoms with van der Waals surface area (Å²) < 4.78 is 38.3. The van der Waals surface area contributed by atoms with Gasteiger partial charge in [-0.15, -0.1) is 0 Å². The van der Waals surface area contributed by atoms with E-state index in [-0.39, 0.29) is 29.8 Å². The van der Waals surface area contributed by atoms with E-state index in [2.05, 4.69) is 73.0 Å². The van der Waals surface area contributed by atoms with Gasteiger partial charge in [-0.1, -0.05) is 85.9 Å². The summed E-state index contributed by atoms with van der Waals surface area (Å²) in [7, 11) is 0. The molecule has 2 aromatic rings. The Morgan fingerprint density at radius 1 is 0.771 bits per heavy atom. The molecule has 1 N–H and O–H groups in total. The lowest BCUT2D eigenvalue weighted by molar-refractivity contribution is -0.147. The molecule has 1 atom stereocenters. The van der Waals surface area contributed by atoms with E-state index in [4.69, 9.17) is 9.47 Å². The highest BCUT2D eigenvalue weighted by molar-refractivity contribution is 5.99. The van der Waals surface area contributed by atoms with Gasteiger partial charge in [0.2, 0.25) is 0 Å². The monoisotopic (exact) mass is 659 g/mol. The zero-order valence-electron chi connectivity index (χ0n) is 28.1. The number of hydrogen-bond donors (Lipinski definition) is 1. The van der Waals surface area contributed by atoms with Crippen LogP contribution in [0.5, 0.6) is 5.75 Å². The first-order valence-corrected chi connectivity index (χ1v) is 16.4. The smallest absolute Gasteiger partial charge is 0.308 e. The van der Waals surface area contributed by atoms with Gasteiger partial charge in [0.05, 0.1) is 12.1 Å². The van der Waals surface area contributed by atoms with Gasteiger partial charge in [0, 0.05) is 25.0 Å². The maximum absolute atomic E-state index is 14.4. The quantitative estimate of drug-likeness (QED) is 0.0870. The summed E-state index contributed by atoms with van der Waals surface area (Å²) in [6, 6.07) is 7.30. The van der Waals surface area contributed by atoms with Crippen LogP contribution in [0.2, 0.25) is 0 Å². The summed E-state index contributed by atoms with van der Waals surface area (Å²) in [5, 5.41) is 2.65. The normalized spacial score (nSPS) is 12.7. The average Bonchev–Trinajstić information content (AvgIpc) is 3.04. The zero-order valence-corrected chi connectivity index (χ0v) is 28.1. The van der Waals surface area contributed by atoms with Crippen LogP contribution in [0, 0.1) is 11.6 Å². The lowest BCUT2D eigenvalue weighted by atomic mass is 10.0. The van der Waals surface area contributed by atoms with Crippen molar-refractivity contribution in [3.63, 3.8) is 0 Å². The Hall–Kier alpha value is -4.85. The molecule has 1 amide bonds. The molecule has 48 heavy (non-hydrogen) atoms. The van der Waals surface area contributed by atoms with Gasteiger partial charge in [-0.2, -0.15) is 0 Å². The molecule has 0 fully saturated rings. The molecule has 8 heteroatoms. The maximum Gasteiger partial charge on any atom is 0.308 e. The first-order valence-electron chi connectivity index (χ1n) is 16.4. The minimum Gasteiger partial charge on any atom is -0.461 e. The van der Waals surface area contributed by atoms with Gasteiger partial charge in [-0.05, 0) is 81.7 Å². The van der Waals surface area contributed by atoms with Gasteiger partial charge in [-0.25, -0.2) is 8.78 Å². The molecular weight excluding hydrogens is 612 g/mol. The fourth-order valence-electron chi connectivity index (χ4n) is 4.34. The van der Waals surface area contributed by atoms with Gasteiger partial charge in [0.25, 0.3) is 5.91 Å². The number of halogens is 2. The lowest BCUT2D eigenvalue weighted by Crippen LogP contribution is -2.33. The van der Waals surface area contributed by atoms with Gasteiger partial charge in [0.1, 0.15) is 23.5 Å². The van der Waals surface area contributed by atoms with Crippen molar-refractivity contribution in [2.75, 3.05) is 6.54 Å². The number of nitrogens with one attached hydrogen (secondary N) is 1. The Kier molecular flexibility index (Phi) is 19.2. The SMILES string of the molecule is CCC=CCC=CCC=CCC=CCC=CCC=CCCC(=O)OC(C)CNC(=O)c1cc(-c2ccc(F)cc2F)ccc1OC(C)=O. The van der Waals surface area contributed by atoms with E-state index < -0.39 is 35.6 Å². The third-order valence-corrected chi connectivity index (χ3v) is 6.71. The summed E-state index contributed by atoms with van der Waals surface area (Å²) in [4.78, 5) is 36.8. The molecule has 2 aromatic carbocycles. The molecule has 0 saturated heterocycles. The van der Waals surface area contributed by atoms with Crippen molar-refractivity contribution in [2.24, 2.45) is 0 Å². The Morgan fingerprint density at radius 2 is 1.33 bits per heavy atom. The van der Waals surface area contributed by atoms with Crippen molar-refractivity contribution in [3.8, 4) is 16.9 Å². The Bertz CT molecular complexity index is 1500. The second-order valence-corrected chi connectivity index (χ2v) is 10.9. The highest BCUT2D eigenvalue weighted by Gasteiger charge is 2.19. The lowest BCUT2D eigenvalue weighted by Gasteiger charge is -2.16. The minimum atomic E-state index is -0.800. The summed E-state index contributed by atoms with van der Waals surface area (Å²) in [6.07, 6.45) is 31.2. The fourth-order valence-corrected chi connectivity index (χ4v) is 4.34. The van der Waals surface area contributed by atoms with E-state index in [0.29, 0.717) is 12.0 Å². The van der Waals surface area contributed by atoms with E-state index in [1.807, 2.05) is 12.2 Å². The van der Waals surface area contributed by atoms with Crippen molar-refractivity contribution >= 4 is 17.8 Å². The summed E-state index contributed by atoms with van der Waals surface area (Å²) in [6.45, 7) is 4.97. The van der Waals surface area contributed by atoms with Gasteiger partial charge < -0.3 is 14.8 Å². The first-order chi connectivity index (χ1) is 23.2. The molecule has 0 bridgehead atoms. The van der Waals surface area contributed by atoms with Gasteiger partial charge in [0.15, 0.2) is 0 Å². The zero-order chi connectivity index (χ0) is 35.0. The topological polar surface area (TPSA) is 81.7 Å². The standard InChI is InChI=1S/C40H47F2NO5/c1-4-5-6-7-8-9-10-11-12-13-14-15-16-17-18-19-20-21-22-23-39(45)47-31(2)30-43-40(46)36-28-33(24-27-38(36)48-32(3)44)35-26-25-34(41)29-37(35)42/h5-6,8-9,11-12,14-15,17-18,20-21,24-29,31H,4,7,10,13,16,19,22-23,30H2,1-3H3,(H,43,46). The fraction of sp³-hybridized carbons (Fsp3) is 0.325. The van der Waals surface area contributed by atoms with E-state index in [1.165, 1.54) is 31.2 Å². The number of hydrogen-bond acceptors (Lipinski definition) is 5. The summed E-state index contributed by atoms with van der Waals surface area (Å²) >= 11 is 0. The van der Waals surface area contributed by atoms with E-state index in [0.717, 1.165) is 50.7 Å². The number of rotatable bonds is 20. The van der Waals surface area contributed by atoms with Crippen LogP contribution in [0.3, 0.4) is 0 Å². The van der Waals surface area contributed by atoms with Crippen LogP contribution < -0.4 is 10.1 Å². The Balaban J connectivity index is 1.69. The Labute approximate surface area is 283 Å². The molecule has 6 nitrogen and oxygen atoms in total. The highest BCUT2D eigenvalue weighted by atomic mass is 19.1. The molecule has 2 rings (SSSR count). The third-order valence-electron chi connectivity index (χ3n) is 6.71. The Morgan fingerprint density at radius 3 is 1.88 bits per heavy atom. The minimum absolute atomic E-state index is 0.000860. The first kappa shape index (κ1) is 39.3. The molecule has 0 radical (unpaired) electrons. The molecule has 0 aliphatic carbocycles. The number of amides is 1. The molecule has 0 aromatic heterocycles. The second kappa shape index (κ2) is 23.5. The van der Waals surface area contributed by atoms with Crippen LogP contribution in [-0.4, -0.2) is 30.5 Å². The van der Waals surface area contributed by atoms with Crippen molar-refractivity contribution < 1.29 is 32.6 Å². The van der Waals surface area contributed by atoms with E-state index >= 15 is 0 Å². The van der Waals surface area contributed by atoms with Gasteiger partial charge >= 0.3 is 11.9 Å². The number of carbonyl (C=O) groups is 3. The van der Waals surface area contributed by atoms with Crippen molar-refractivity contribution in [1.29, 1.82) is 0 Å². The molecule has 0 aliphatic rings. The number of benzene rings is 2. The number of carbonyl (C=O) groups excluding carboxylic acids is 3. The van der Waals surface area contributed by atoms with Crippen LogP contribution >= 0.6 is 0 Å². The van der Waals surface area contributed by atoms with Crippen LogP contribution in [-0.2, 0) is 14.3 Å². The van der Waals surface area contributed by atoms with Crippen LogP contribution in [0.1, 0.15) is 82.5 Å². The molecule has 0 heterocycles. The van der Waals surface area contributed by atoms with E-state index in [9.17, 15) is 23.2 Å². The highest BCUT2D eigenvalue weighted by Crippen LogP contribution is 2.29. The molecule has 0 aliphatic heterocycles. The largest absolute Gasteiger partial charge is 0.461 e. The predicted octanol–water partition coefficient (Wildman–Crippen LogP) is 9.70. The van der Waals surface area contributed by atoms with Gasteiger partial charge in [-0.3, -0.25) is 14.4 Å². The molecule has 256 valence electrons. The van der Waals surface area contributed by atoms with Crippen molar-refractivity contribution in [3.05, 3.63) is 127 Å². The number of allylic oxidation sites excluding steroid dienone is 12. The van der Waals surface area contributed by atoms with E-state index in [1.54, 1.807) is 6.92 Å². The number of ether oxygens (including phenoxy) is 2. The van der Waals surface area contributed by atoms with Crippen LogP contribution in [0.4, 0.5) is 8.78 Å². The second-order valence-electron chi connectivity index (χ2n) is 10.9. The summed E-state index contributed by atoms with van der Waals surface area (Å²) in [5.74, 6) is -3.20. The molecule has 0 spiro atoms. The maximum atomic E-state index is 14.4. The average molecular weight is 660 g/mol. The predicted molar refractivity (Wildman–Crippen MR) is 188 cm³/mol. The molecule has 1 unspecified atom stereocenters. The molecular formula is C40H47F2NO5. The van der Waals surface area contributed by atoms with Crippen LogP contribution in [0.25, 0.3) is 11.1 Å². The third kappa shape index (κ3) is 16.6. The van der Waals surface area contributed by atoms with Crippen molar-refractivity contribution in [1.82, 2.24) is 5.32 Å². The van der Waals surface area contributed by atoms with Crippen LogP contribution in [0.15, 0.2) is 109 Å². The summed E-state index contributed by atoms with van der Waals surface area (Å²) in [5.41, 5.74) is 0.346. The molecule has 0 saturated carbocycles.